The fourth-order valence-electron chi connectivity index (χ4n) is 3.10. The number of aryl methyl sites for hydroxylation is 1. The number of carbonyl (C=O) groups is 2. The minimum absolute atomic E-state index is 0.0523. The number of hydrogen-bond donors (Lipinski definition) is 1. The molecular formula is C14H19N3O3S. The highest BCUT2D eigenvalue weighted by molar-refractivity contribution is 7.07. The summed E-state index contributed by atoms with van der Waals surface area (Å²) in [7, 11) is 0. The predicted molar refractivity (Wildman–Crippen MR) is 79.3 cm³/mol. The molecule has 6 nitrogen and oxygen atoms in total. The molecule has 1 aliphatic carbocycles. The lowest BCUT2D eigenvalue weighted by atomic mass is 9.90. The first-order valence-corrected chi connectivity index (χ1v) is 8.16. The molecule has 1 aliphatic heterocycles. The molecule has 0 radical (unpaired) electrons. The molecule has 1 N–H and O–H groups in total. The third kappa shape index (κ3) is 2.19. The van der Waals surface area contributed by atoms with E-state index >= 15 is 0 Å². The molecule has 1 unspecified atom stereocenters. The molecule has 1 saturated carbocycles. The quantitative estimate of drug-likeness (QED) is 0.834. The lowest BCUT2D eigenvalue weighted by Crippen LogP contribution is -2.48. The Morgan fingerprint density at radius 1 is 1.33 bits per heavy atom. The summed E-state index contributed by atoms with van der Waals surface area (Å²) in [6.45, 7) is 4.40. The van der Waals surface area contributed by atoms with Gasteiger partial charge in [-0.3, -0.25) is 14.5 Å². The topological polar surface area (TPSA) is 71.4 Å². The maximum atomic E-state index is 12.6. The van der Waals surface area contributed by atoms with Gasteiger partial charge in [0.15, 0.2) is 0 Å². The standard InChI is InChI=1S/C14H19N3O3S/c1-3-14(10-4-5-10)11(18)17(12(19)15-14)7-6-16-9(2)8-21-13(16)20/h8,10H,3-7H2,1-2H3,(H,15,19). The number of urea groups is 1. The second kappa shape index (κ2) is 4.98. The van der Waals surface area contributed by atoms with E-state index in [-0.39, 0.29) is 29.3 Å². The molecule has 2 fully saturated rings. The van der Waals surface area contributed by atoms with Crippen molar-refractivity contribution in [3.05, 3.63) is 20.7 Å². The zero-order chi connectivity index (χ0) is 15.2. The molecule has 1 aromatic rings. The molecule has 2 aliphatic rings. The summed E-state index contributed by atoms with van der Waals surface area (Å²) < 4.78 is 1.61. The van der Waals surface area contributed by atoms with Crippen molar-refractivity contribution in [1.82, 2.24) is 14.8 Å². The highest BCUT2D eigenvalue weighted by Crippen LogP contribution is 2.44. The molecule has 1 aromatic heterocycles. The molecule has 114 valence electrons. The molecule has 21 heavy (non-hydrogen) atoms. The third-order valence-corrected chi connectivity index (χ3v) is 5.44. The van der Waals surface area contributed by atoms with Gasteiger partial charge in [-0.15, -0.1) is 0 Å². The number of nitrogens with one attached hydrogen (secondary N) is 1. The van der Waals surface area contributed by atoms with Gasteiger partial charge in [-0.25, -0.2) is 4.79 Å². The molecule has 2 heterocycles. The van der Waals surface area contributed by atoms with E-state index in [4.69, 9.17) is 0 Å². The minimum atomic E-state index is -0.703. The zero-order valence-corrected chi connectivity index (χ0v) is 13.0. The van der Waals surface area contributed by atoms with Gasteiger partial charge < -0.3 is 9.88 Å². The van der Waals surface area contributed by atoms with Crippen molar-refractivity contribution in [3.63, 3.8) is 0 Å². The monoisotopic (exact) mass is 309 g/mol. The van der Waals surface area contributed by atoms with Crippen molar-refractivity contribution < 1.29 is 9.59 Å². The average molecular weight is 309 g/mol. The van der Waals surface area contributed by atoms with E-state index in [1.165, 1.54) is 4.90 Å². The van der Waals surface area contributed by atoms with Crippen molar-refractivity contribution >= 4 is 23.3 Å². The molecule has 1 saturated heterocycles. The van der Waals surface area contributed by atoms with Crippen molar-refractivity contribution in [2.75, 3.05) is 6.54 Å². The lowest BCUT2D eigenvalue weighted by molar-refractivity contribution is -0.132. The number of aromatic nitrogens is 1. The van der Waals surface area contributed by atoms with Crippen LogP contribution in [-0.4, -0.2) is 33.5 Å². The van der Waals surface area contributed by atoms with E-state index in [1.54, 1.807) is 9.95 Å². The first-order valence-electron chi connectivity index (χ1n) is 7.28. The van der Waals surface area contributed by atoms with Crippen LogP contribution in [0.1, 0.15) is 31.9 Å². The van der Waals surface area contributed by atoms with Gasteiger partial charge in [0.2, 0.25) is 0 Å². The summed E-state index contributed by atoms with van der Waals surface area (Å²) in [4.78, 5) is 37.7. The van der Waals surface area contributed by atoms with Crippen LogP contribution in [0.3, 0.4) is 0 Å². The van der Waals surface area contributed by atoms with Gasteiger partial charge in [-0.2, -0.15) is 0 Å². The largest absolute Gasteiger partial charge is 0.325 e. The first-order chi connectivity index (χ1) is 9.99. The van der Waals surface area contributed by atoms with E-state index in [2.05, 4.69) is 5.32 Å². The van der Waals surface area contributed by atoms with E-state index in [0.717, 1.165) is 29.9 Å². The first kappa shape index (κ1) is 14.3. The second-order valence-corrected chi connectivity index (χ2v) is 6.60. The summed E-state index contributed by atoms with van der Waals surface area (Å²) in [6, 6.07) is -0.324. The average Bonchev–Trinajstić information content (AvgIpc) is 3.22. The van der Waals surface area contributed by atoms with Crippen LogP contribution in [0, 0.1) is 12.8 Å². The molecule has 0 bridgehead atoms. The van der Waals surface area contributed by atoms with Gasteiger partial charge in [-0.1, -0.05) is 18.3 Å². The molecule has 0 aromatic carbocycles. The molecule has 3 rings (SSSR count). The van der Waals surface area contributed by atoms with E-state index in [1.807, 2.05) is 13.8 Å². The fraction of sp³-hybridized carbons (Fsp3) is 0.643. The van der Waals surface area contributed by atoms with Crippen LogP contribution in [0.25, 0.3) is 0 Å². The van der Waals surface area contributed by atoms with Crippen LogP contribution in [0.2, 0.25) is 0 Å². The van der Waals surface area contributed by atoms with Gasteiger partial charge >= 0.3 is 10.9 Å². The van der Waals surface area contributed by atoms with Crippen LogP contribution in [0.5, 0.6) is 0 Å². The molecular weight excluding hydrogens is 290 g/mol. The number of nitrogens with zero attached hydrogens (tertiary/aromatic N) is 2. The minimum Gasteiger partial charge on any atom is -0.323 e. The Bertz CT molecular complexity index is 646. The molecule has 0 spiro atoms. The summed E-state index contributed by atoms with van der Waals surface area (Å²) in [6.07, 6.45) is 2.61. The van der Waals surface area contributed by atoms with Crippen molar-refractivity contribution in [2.24, 2.45) is 5.92 Å². The van der Waals surface area contributed by atoms with Crippen LogP contribution >= 0.6 is 11.3 Å². The second-order valence-electron chi connectivity index (χ2n) is 5.78. The maximum absolute atomic E-state index is 12.6. The van der Waals surface area contributed by atoms with E-state index < -0.39 is 5.54 Å². The van der Waals surface area contributed by atoms with Crippen LogP contribution in [-0.2, 0) is 11.3 Å². The predicted octanol–water partition coefficient (Wildman–Crippen LogP) is 1.33. The maximum Gasteiger partial charge on any atom is 0.325 e. The lowest BCUT2D eigenvalue weighted by Gasteiger charge is -2.24. The van der Waals surface area contributed by atoms with Crippen LogP contribution < -0.4 is 10.2 Å². The number of amides is 3. The van der Waals surface area contributed by atoms with Crippen molar-refractivity contribution in [2.45, 2.75) is 45.2 Å². The van der Waals surface area contributed by atoms with Crippen LogP contribution in [0.15, 0.2) is 10.2 Å². The Morgan fingerprint density at radius 2 is 2.05 bits per heavy atom. The van der Waals surface area contributed by atoms with Gasteiger partial charge in [0.25, 0.3) is 5.91 Å². The van der Waals surface area contributed by atoms with Gasteiger partial charge in [0.05, 0.1) is 0 Å². The summed E-state index contributed by atoms with van der Waals surface area (Å²) in [5.74, 6) is 0.146. The van der Waals surface area contributed by atoms with E-state index in [0.29, 0.717) is 13.0 Å². The summed E-state index contributed by atoms with van der Waals surface area (Å²) >= 11 is 1.14. The SMILES string of the molecule is CCC1(C2CC2)NC(=O)N(CCn2c(C)csc2=O)C1=O. The van der Waals surface area contributed by atoms with Gasteiger partial charge in [0.1, 0.15) is 5.54 Å². The molecule has 1 atom stereocenters. The number of carbonyl (C=O) groups excluding carboxylic acids is 2. The normalized spacial score (nSPS) is 25.5. The number of hydrogen-bond acceptors (Lipinski definition) is 4. The number of thiazole rings is 1. The Balaban J connectivity index is 1.76. The number of rotatable bonds is 5. The van der Waals surface area contributed by atoms with Crippen LogP contribution in [0.4, 0.5) is 4.79 Å². The zero-order valence-electron chi connectivity index (χ0n) is 12.2. The van der Waals surface area contributed by atoms with Crippen molar-refractivity contribution in [1.29, 1.82) is 0 Å². The van der Waals surface area contributed by atoms with Gasteiger partial charge in [0, 0.05) is 24.2 Å². The third-order valence-electron chi connectivity index (χ3n) is 4.56. The molecule has 7 heteroatoms. The number of imide groups is 1. The fourth-order valence-corrected chi connectivity index (χ4v) is 3.86. The van der Waals surface area contributed by atoms with Gasteiger partial charge in [-0.05, 0) is 32.1 Å². The smallest absolute Gasteiger partial charge is 0.323 e. The Labute approximate surface area is 126 Å². The Kier molecular flexibility index (Phi) is 3.39. The molecule has 3 amide bonds. The van der Waals surface area contributed by atoms with E-state index in [9.17, 15) is 14.4 Å². The summed E-state index contributed by atoms with van der Waals surface area (Å²) in [5, 5.41) is 4.68. The Morgan fingerprint density at radius 3 is 2.57 bits per heavy atom. The van der Waals surface area contributed by atoms with Crippen molar-refractivity contribution in [3.8, 4) is 0 Å². The highest BCUT2D eigenvalue weighted by atomic mass is 32.1. The Hall–Kier alpha value is -1.63. The summed E-state index contributed by atoms with van der Waals surface area (Å²) in [5.41, 5.74) is 0.159. The highest BCUT2D eigenvalue weighted by Gasteiger charge is 2.57.